The van der Waals surface area contributed by atoms with E-state index in [1.165, 1.54) is 0 Å². The van der Waals surface area contributed by atoms with Gasteiger partial charge in [0.15, 0.2) is 0 Å². The highest BCUT2D eigenvalue weighted by molar-refractivity contribution is 9.10. The third-order valence-electron chi connectivity index (χ3n) is 4.44. The summed E-state index contributed by atoms with van der Waals surface area (Å²) in [5.41, 5.74) is 6.62. The number of nitrogens with zero attached hydrogens (tertiary/aromatic N) is 1. The molecule has 0 aromatic heterocycles. The maximum atomic E-state index is 12.8. The van der Waals surface area contributed by atoms with Crippen molar-refractivity contribution in [2.24, 2.45) is 11.7 Å². The first kappa shape index (κ1) is 15.8. The van der Waals surface area contributed by atoms with E-state index in [1.54, 1.807) is 0 Å². The van der Waals surface area contributed by atoms with Gasteiger partial charge in [0.05, 0.1) is 5.41 Å². The smallest absolute Gasteiger partial charge is 0.233 e. The summed E-state index contributed by atoms with van der Waals surface area (Å²) in [5.74, 6) is 0.795. The van der Waals surface area contributed by atoms with E-state index in [0.29, 0.717) is 18.4 Å². The molecule has 3 rings (SSSR count). The Bertz CT molecular complexity index is 504. The molecule has 5 heteroatoms. The molecule has 0 radical (unpaired) electrons. The summed E-state index contributed by atoms with van der Waals surface area (Å²) in [7, 11) is 0. The molecule has 1 aliphatic carbocycles. The lowest BCUT2D eigenvalue weighted by Gasteiger charge is -2.23. The zero-order valence-corrected chi connectivity index (χ0v) is 13.8. The fraction of sp³-hybridized carbons (Fsp3) is 0.533. The monoisotopic (exact) mass is 358 g/mol. The van der Waals surface area contributed by atoms with Crippen molar-refractivity contribution in [3.05, 3.63) is 34.3 Å². The Morgan fingerprint density at radius 2 is 2.20 bits per heavy atom. The van der Waals surface area contributed by atoms with Gasteiger partial charge in [0.2, 0.25) is 5.91 Å². The van der Waals surface area contributed by atoms with Crippen LogP contribution in [0.3, 0.4) is 0 Å². The second-order valence-electron chi connectivity index (χ2n) is 5.73. The lowest BCUT2D eigenvalue weighted by atomic mass is 9.94. The zero-order chi connectivity index (χ0) is 13.5. The van der Waals surface area contributed by atoms with Crippen molar-refractivity contribution in [1.29, 1.82) is 0 Å². The number of halogens is 2. The van der Waals surface area contributed by atoms with Crippen LogP contribution in [0.2, 0.25) is 0 Å². The first-order chi connectivity index (χ1) is 9.15. The normalized spacial score (nSPS) is 23.3. The van der Waals surface area contributed by atoms with Gasteiger partial charge in [-0.1, -0.05) is 28.1 Å². The molecular weight excluding hydrogens is 340 g/mol. The Morgan fingerprint density at radius 1 is 1.45 bits per heavy atom. The lowest BCUT2D eigenvalue weighted by molar-refractivity contribution is -0.133. The summed E-state index contributed by atoms with van der Waals surface area (Å²) in [6, 6.07) is 8.18. The molecule has 20 heavy (non-hydrogen) atoms. The highest BCUT2D eigenvalue weighted by atomic mass is 79.9. The van der Waals surface area contributed by atoms with Crippen LogP contribution in [0.1, 0.15) is 24.8 Å². The highest BCUT2D eigenvalue weighted by Crippen LogP contribution is 2.50. The van der Waals surface area contributed by atoms with Gasteiger partial charge in [-0.15, -0.1) is 12.4 Å². The van der Waals surface area contributed by atoms with Gasteiger partial charge in [0.25, 0.3) is 0 Å². The summed E-state index contributed by atoms with van der Waals surface area (Å²) in [6.45, 7) is 2.40. The molecule has 1 saturated heterocycles. The van der Waals surface area contributed by atoms with E-state index in [-0.39, 0.29) is 17.8 Å². The van der Waals surface area contributed by atoms with Crippen molar-refractivity contribution in [2.75, 3.05) is 19.6 Å². The number of hydrogen-bond donors (Lipinski definition) is 1. The largest absolute Gasteiger partial charge is 0.342 e. The predicted octanol–water partition coefficient (Wildman–Crippen LogP) is 2.71. The second-order valence-corrected chi connectivity index (χ2v) is 6.65. The van der Waals surface area contributed by atoms with Crippen LogP contribution >= 0.6 is 28.3 Å². The standard InChI is InChI=1S/C15H19BrN2O.ClH/c16-13-3-1-2-12(8-13)15(5-6-15)14(19)18-7-4-11(9-17)10-18;/h1-3,8,11H,4-7,9-10,17H2;1H. The Hall–Kier alpha value is -0.580. The van der Waals surface area contributed by atoms with Crippen LogP contribution in [-0.2, 0) is 10.2 Å². The summed E-state index contributed by atoms with van der Waals surface area (Å²) in [4.78, 5) is 14.8. The number of amides is 1. The summed E-state index contributed by atoms with van der Waals surface area (Å²) in [5, 5.41) is 0. The van der Waals surface area contributed by atoms with Crippen molar-refractivity contribution in [3.63, 3.8) is 0 Å². The fourth-order valence-corrected chi connectivity index (χ4v) is 3.45. The molecule has 0 bridgehead atoms. The van der Waals surface area contributed by atoms with E-state index in [9.17, 15) is 4.79 Å². The molecule has 1 saturated carbocycles. The number of nitrogens with two attached hydrogens (primary N) is 1. The number of hydrogen-bond acceptors (Lipinski definition) is 2. The van der Waals surface area contributed by atoms with Crippen LogP contribution in [0.15, 0.2) is 28.7 Å². The minimum absolute atomic E-state index is 0. The topological polar surface area (TPSA) is 46.3 Å². The molecule has 0 spiro atoms. The van der Waals surface area contributed by atoms with Gasteiger partial charge in [0.1, 0.15) is 0 Å². The first-order valence-corrected chi connectivity index (χ1v) is 7.70. The second kappa shape index (κ2) is 6.04. The maximum absolute atomic E-state index is 12.8. The van der Waals surface area contributed by atoms with Gasteiger partial charge in [-0.3, -0.25) is 4.79 Å². The average Bonchev–Trinajstić information content (AvgIpc) is 3.09. The number of carbonyl (C=O) groups excluding carboxylic acids is 1. The van der Waals surface area contributed by atoms with Crippen molar-refractivity contribution >= 4 is 34.2 Å². The van der Waals surface area contributed by atoms with Gasteiger partial charge in [0, 0.05) is 17.6 Å². The molecule has 2 N–H and O–H groups in total. The van der Waals surface area contributed by atoms with E-state index in [1.807, 2.05) is 17.0 Å². The van der Waals surface area contributed by atoms with Gasteiger partial charge < -0.3 is 10.6 Å². The SMILES string of the molecule is Cl.NCC1CCN(C(=O)C2(c3cccc(Br)c3)CC2)C1. The zero-order valence-electron chi connectivity index (χ0n) is 11.3. The van der Waals surface area contributed by atoms with Crippen LogP contribution in [0.25, 0.3) is 0 Å². The molecule has 2 fully saturated rings. The van der Waals surface area contributed by atoms with Crippen LogP contribution in [0.5, 0.6) is 0 Å². The number of benzene rings is 1. The molecular formula is C15H20BrClN2O. The van der Waals surface area contributed by atoms with Crippen molar-refractivity contribution in [3.8, 4) is 0 Å². The minimum atomic E-state index is -0.243. The number of likely N-dealkylation sites (tertiary alicyclic amines) is 1. The molecule has 110 valence electrons. The molecule has 2 aliphatic rings. The van der Waals surface area contributed by atoms with Gasteiger partial charge in [-0.2, -0.15) is 0 Å². The van der Waals surface area contributed by atoms with Crippen molar-refractivity contribution in [1.82, 2.24) is 4.90 Å². The molecule has 1 atom stereocenters. The summed E-state index contributed by atoms with van der Waals surface area (Å²) >= 11 is 3.49. The molecule has 1 aromatic rings. The van der Waals surface area contributed by atoms with Crippen molar-refractivity contribution in [2.45, 2.75) is 24.7 Å². The van der Waals surface area contributed by atoms with Gasteiger partial charge >= 0.3 is 0 Å². The third kappa shape index (κ3) is 2.74. The maximum Gasteiger partial charge on any atom is 0.233 e. The van der Waals surface area contributed by atoms with Gasteiger partial charge in [-0.25, -0.2) is 0 Å². The van der Waals surface area contributed by atoms with Crippen molar-refractivity contribution < 1.29 is 4.79 Å². The lowest BCUT2D eigenvalue weighted by Crippen LogP contribution is -2.38. The van der Waals surface area contributed by atoms with E-state index in [0.717, 1.165) is 42.4 Å². The number of carbonyl (C=O) groups is 1. The van der Waals surface area contributed by atoms with Crippen LogP contribution < -0.4 is 5.73 Å². The molecule has 1 aromatic carbocycles. The summed E-state index contributed by atoms with van der Waals surface area (Å²) < 4.78 is 1.05. The Balaban J connectivity index is 0.00000147. The molecule has 1 unspecified atom stereocenters. The van der Waals surface area contributed by atoms with E-state index >= 15 is 0 Å². The third-order valence-corrected chi connectivity index (χ3v) is 4.94. The van der Waals surface area contributed by atoms with Gasteiger partial charge in [-0.05, 0) is 49.4 Å². The van der Waals surface area contributed by atoms with E-state index in [2.05, 4.69) is 28.1 Å². The Labute approximate surface area is 134 Å². The average molecular weight is 360 g/mol. The predicted molar refractivity (Wildman–Crippen MR) is 86.0 cm³/mol. The van der Waals surface area contributed by atoms with E-state index in [4.69, 9.17) is 5.73 Å². The molecule has 1 aliphatic heterocycles. The first-order valence-electron chi connectivity index (χ1n) is 6.91. The van der Waals surface area contributed by atoms with Crippen LogP contribution in [0, 0.1) is 5.92 Å². The Kier molecular flexibility index (Phi) is 4.77. The fourth-order valence-electron chi connectivity index (χ4n) is 3.05. The van der Waals surface area contributed by atoms with Crippen LogP contribution in [0.4, 0.5) is 0 Å². The quantitative estimate of drug-likeness (QED) is 0.902. The minimum Gasteiger partial charge on any atom is -0.342 e. The Morgan fingerprint density at radius 3 is 2.75 bits per heavy atom. The highest BCUT2D eigenvalue weighted by Gasteiger charge is 2.53. The number of rotatable bonds is 3. The van der Waals surface area contributed by atoms with Crippen LogP contribution in [-0.4, -0.2) is 30.4 Å². The molecule has 3 nitrogen and oxygen atoms in total. The molecule has 1 heterocycles. The van der Waals surface area contributed by atoms with E-state index < -0.39 is 0 Å². The summed E-state index contributed by atoms with van der Waals surface area (Å²) in [6.07, 6.45) is 3.01. The molecule has 1 amide bonds.